The quantitative estimate of drug-likeness (QED) is 0.801. The first-order chi connectivity index (χ1) is 8.11. The molecule has 0 aliphatic carbocycles. The average molecular weight is 245 g/mol. The third kappa shape index (κ3) is 5.53. The van der Waals surface area contributed by atoms with Gasteiger partial charge in [-0.05, 0) is 13.3 Å². The van der Waals surface area contributed by atoms with E-state index >= 15 is 0 Å². The van der Waals surface area contributed by atoms with Gasteiger partial charge in [-0.1, -0.05) is 6.92 Å². The second-order valence-corrected chi connectivity index (χ2v) is 3.64. The molecule has 0 saturated carbocycles. The van der Waals surface area contributed by atoms with Gasteiger partial charge in [0.2, 0.25) is 0 Å². The van der Waals surface area contributed by atoms with Gasteiger partial charge < -0.3 is 10.1 Å². The van der Waals surface area contributed by atoms with Gasteiger partial charge in [0.05, 0.1) is 0 Å². The summed E-state index contributed by atoms with van der Waals surface area (Å²) in [5.74, 6) is 1.12. The maximum atomic E-state index is 11.9. The molecule has 0 spiro atoms. The van der Waals surface area contributed by atoms with Crippen LogP contribution < -0.4 is 5.32 Å². The molecule has 0 radical (unpaired) electrons. The van der Waals surface area contributed by atoms with Gasteiger partial charge in [-0.3, -0.25) is 0 Å². The van der Waals surface area contributed by atoms with Crippen molar-refractivity contribution in [3.63, 3.8) is 0 Å². The average Bonchev–Trinajstić information content (AvgIpc) is 2.25. The van der Waals surface area contributed by atoms with E-state index in [1.165, 1.54) is 0 Å². The summed E-state index contributed by atoms with van der Waals surface area (Å²) < 4.78 is 28.6. The number of hydrogen-bond acceptors (Lipinski definition) is 4. The van der Waals surface area contributed by atoms with E-state index in [-0.39, 0.29) is 6.61 Å². The Kier molecular flexibility index (Phi) is 5.76. The molecule has 0 amide bonds. The van der Waals surface area contributed by atoms with Gasteiger partial charge >= 0.3 is 0 Å². The summed E-state index contributed by atoms with van der Waals surface area (Å²) in [5, 5.41) is 3.12. The fourth-order valence-electron chi connectivity index (χ4n) is 1.28. The molecule has 1 rings (SSSR count). The van der Waals surface area contributed by atoms with Crippen LogP contribution in [0.15, 0.2) is 6.07 Å². The zero-order valence-corrected chi connectivity index (χ0v) is 10.0. The van der Waals surface area contributed by atoms with Crippen molar-refractivity contribution >= 4 is 5.82 Å². The van der Waals surface area contributed by atoms with E-state index in [4.69, 9.17) is 4.74 Å². The Labute approximate surface area is 99.4 Å². The second kappa shape index (κ2) is 7.11. The van der Waals surface area contributed by atoms with E-state index in [0.29, 0.717) is 11.6 Å². The minimum absolute atomic E-state index is 0.00677. The molecule has 0 bridgehead atoms. The Morgan fingerprint density at radius 3 is 2.82 bits per heavy atom. The van der Waals surface area contributed by atoms with Crippen molar-refractivity contribution in [2.75, 3.05) is 18.5 Å². The second-order valence-electron chi connectivity index (χ2n) is 3.64. The van der Waals surface area contributed by atoms with Crippen LogP contribution in [0, 0.1) is 6.92 Å². The highest BCUT2D eigenvalue weighted by Gasteiger charge is 2.05. The summed E-state index contributed by atoms with van der Waals surface area (Å²) in [7, 11) is 0. The van der Waals surface area contributed by atoms with Crippen LogP contribution in [0.1, 0.15) is 24.9 Å². The summed E-state index contributed by atoms with van der Waals surface area (Å²) in [4.78, 5) is 8.29. The summed E-state index contributed by atoms with van der Waals surface area (Å²) in [5.41, 5.74) is 0.786. The minimum Gasteiger partial charge on any atom is -0.370 e. The van der Waals surface area contributed by atoms with Gasteiger partial charge in [-0.25, -0.2) is 18.7 Å². The Morgan fingerprint density at radius 1 is 1.41 bits per heavy atom. The van der Waals surface area contributed by atoms with Gasteiger partial charge in [0.1, 0.15) is 19.0 Å². The molecule has 17 heavy (non-hydrogen) atoms. The molecule has 0 unspecified atom stereocenters. The molecule has 0 aliphatic heterocycles. The van der Waals surface area contributed by atoms with Gasteiger partial charge in [0.25, 0.3) is 6.43 Å². The fraction of sp³-hybridized carbons (Fsp3) is 0.636. The minimum atomic E-state index is -2.46. The molecule has 0 aromatic carbocycles. The topological polar surface area (TPSA) is 47.0 Å². The molecule has 4 nitrogen and oxygen atoms in total. The lowest BCUT2D eigenvalue weighted by molar-refractivity contribution is 0.00768. The Hall–Kier alpha value is -1.30. The van der Waals surface area contributed by atoms with Gasteiger partial charge in [0, 0.05) is 18.3 Å². The third-order valence-corrected chi connectivity index (χ3v) is 1.93. The maximum Gasteiger partial charge on any atom is 0.261 e. The Balaban J connectivity index is 2.55. The largest absolute Gasteiger partial charge is 0.370 e. The fourth-order valence-corrected chi connectivity index (χ4v) is 1.28. The lowest BCUT2D eigenvalue weighted by atomic mass is 10.4. The van der Waals surface area contributed by atoms with Crippen molar-refractivity contribution in [2.24, 2.45) is 0 Å². The van der Waals surface area contributed by atoms with Crippen LogP contribution in [0.3, 0.4) is 0 Å². The van der Waals surface area contributed by atoms with Crippen LogP contribution in [0.4, 0.5) is 14.6 Å². The van der Waals surface area contributed by atoms with E-state index < -0.39 is 13.0 Å². The zero-order valence-electron chi connectivity index (χ0n) is 10.0. The molecular weight excluding hydrogens is 228 g/mol. The number of nitrogens with zero attached hydrogens (tertiary/aromatic N) is 2. The van der Waals surface area contributed by atoms with Crippen LogP contribution in [0.25, 0.3) is 0 Å². The first-order valence-electron chi connectivity index (χ1n) is 5.56. The van der Waals surface area contributed by atoms with E-state index in [1.54, 1.807) is 0 Å². The Morgan fingerprint density at radius 2 is 2.18 bits per heavy atom. The summed E-state index contributed by atoms with van der Waals surface area (Å²) in [6, 6.07) is 1.81. The standard InChI is InChI=1S/C11H17F2N3O/c1-3-4-14-10-5-8(2)15-11(16-10)7-17-6-9(12)13/h5,9H,3-4,6-7H2,1-2H3,(H,14,15,16). The molecule has 96 valence electrons. The molecule has 1 heterocycles. The predicted molar refractivity (Wildman–Crippen MR) is 61.2 cm³/mol. The number of aromatic nitrogens is 2. The summed E-state index contributed by atoms with van der Waals surface area (Å²) in [6.45, 7) is 4.11. The van der Waals surface area contributed by atoms with Crippen molar-refractivity contribution in [3.05, 3.63) is 17.6 Å². The number of nitrogens with one attached hydrogen (secondary N) is 1. The van der Waals surface area contributed by atoms with Crippen molar-refractivity contribution in [1.29, 1.82) is 0 Å². The van der Waals surface area contributed by atoms with Crippen molar-refractivity contribution < 1.29 is 13.5 Å². The van der Waals surface area contributed by atoms with Crippen molar-refractivity contribution in [2.45, 2.75) is 33.3 Å². The molecular formula is C11H17F2N3O. The van der Waals surface area contributed by atoms with Gasteiger partial charge in [0.15, 0.2) is 5.82 Å². The molecule has 0 fully saturated rings. The SMILES string of the molecule is CCCNc1cc(C)nc(COCC(F)F)n1. The van der Waals surface area contributed by atoms with Crippen LogP contribution in [0.5, 0.6) is 0 Å². The zero-order chi connectivity index (χ0) is 12.7. The lowest BCUT2D eigenvalue weighted by Gasteiger charge is -2.08. The normalized spacial score (nSPS) is 10.9. The van der Waals surface area contributed by atoms with Crippen LogP contribution in [-0.2, 0) is 11.3 Å². The molecule has 1 aromatic heterocycles. The first-order valence-corrected chi connectivity index (χ1v) is 5.56. The Bertz CT molecular complexity index is 347. The molecule has 6 heteroatoms. The summed E-state index contributed by atoms with van der Waals surface area (Å²) in [6.07, 6.45) is -1.47. The molecule has 1 aromatic rings. The highest BCUT2D eigenvalue weighted by atomic mass is 19.3. The predicted octanol–water partition coefficient (Wildman–Crippen LogP) is 2.39. The number of hydrogen-bond donors (Lipinski definition) is 1. The van der Waals surface area contributed by atoms with E-state index in [2.05, 4.69) is 15.3 Å². The number of alkyl halides is 2. The van der Waals surface area contributed by atoms with Crippen LogP contribution in [-0.4, -0.2) is 29.5 Å². The summed E-state index contributed by atoms with van der Waals surface area (Å²) >= 11 is 0. The van der Waals surface area contributed by atoms with E-state index in [1.807, 2.05) is 19.9 Å². The van der Waals surface area contributed by atoms with Crippen LogP contribution >= 0.6 is 0 Å². The number of aryl methyl sites for hydroxylation is 1. The number of anilines is 1. The van der Waals surface area contributed by atoms with E-state index in [9.17, 15) is 8.78 Å². The number of ether oxygens (including phenoxy) is 1. The smallest absolute Gasteiger partial charge is 0.261 e. The molecule has 0 aliphatic rings. The van der Waals surface area contributed by atoms with Gasteiger partial charge in [-0.2, -0.15) is 0 Å². The van der Waals surface area contributed by atoms with Crippen molar-refractivity contribution in [1.82, 2.24) is 9.97 Å². The van der Waals surface area contributed by atoms with Crippen LogP contribution in [0.2, 0.25) is 0 Å². The first kappa shape index (κ1) is 13.8. The molecule has 1 N–H and O–H groups in total. The number of rotatable bonds is 7. The molecule has 0 atom stereocenters. The van der Waals surface area contributed by atoms with Gasteiger partial charge in [-0.15, -0.1) is 0 Å². The third-order valence-electron chi connectivity index (χ3n) is 1.93. The number of halogens is 2. The van der Waals surface area contributed by atoms with E-state index in [0.717, 1.165) is 18.7 Å². The highest BCUT2D eigenvalue weighted by molar-refractivity contribution is 5.35. The van der Waals surface area contributed by atoms with Crippen molar-refractivity contribution in [3.8, 4) is 0 Å². The monoisotopic (exact) mass is 245 g/mol. The molecule has 0 saturated heterocycles. The lowest BCUT2D eigenvalue weighted by Crippen LogP contribution is -2.09. The highest BCUT2D eigenvalue weighted by Crippen LogP contribution is 2.07. The maximum absolute atomic E-state index is 11.9.